The molecule has 0 heterocycles. The fraction of sp³-hybridized carbons (Fsp3) is 0. The van der Waals surface area contributed by atoms with Gasteiger partial charge < -0.3 is 0 Å². The zero-order valence-corrected chi connectivity index (χ0v) is 31.2. The van der Waals surface area contributed by atoms with Crippen molar-refractivity contribution < 1.29 is 0 Å². The highest BCUT2D eigenvalue weighted by Gasteiger charge is 2.27. The van der Waals surface area contributed by atoms with Gasteiger partial charge in [-0.1, -0.05) is 164 Å². The van der Waals surface area contributed by atoms with Gasteiger partial charge in [-0.05, 0) is 138 Å². The topological polar surface area (TPSA) is 28.1 Å². The lowest BCUT2D eigenvalue weighted by Gasteiger charge is -2.19. The molecule has 0 aromatic heterocycles. The molecule has 12 aromatic carbocycles. The van der Waals surface area contributed by atoms with Crippen LogP contribution in [0.1, 0.15) is 5.56 Å². The van der Waals surface area contributed by atoms with Crippen LogP contribution in [0.4, 0.5) is 5.69 Å². The highest BCUT2D eigenvalue weighted by molar-refractivity contribution is 6.45. The van der Waals surface area contributed by atoms with Crippen LogP contribution in [-0.4, -0.2) is 0 Å². The van der Waals surface area contributed by atoms with Crippen molar-refractivity contribution in [1.29, 1.82) is 5.26 Å². The molecule has 0 amide bonds. The lowest BCUT2D eigenvalue weighted by molar-refractivity contribution is 1.49. The highest BCUT2D eigenvalue weighted by Crippen LogP contribution is 2.55. The predicted molar refractivity (Wildman–Crippen MR) is 244 cm³/mol. The number of rotatable bonds is 4. The van der Waals surface area contributed by atoms with Crippen molar-refractivity contribution in [1.82, 2.24) is 0 Å². The Kier molecular flexibility index (Phi) is 6.80. The van der Waals surface area contributed by atoms with Crippen LogP contribution in [0, 0.1) is 17.9 Å². The van der Waals surface area contributed by atoms with Crippen LogP contribution in [0.25, 0.3) is 125 Å². The van der Waals surface area contributed by atoms with Gasteiger partial charge in [0.1, 0.15) is 0 Å². The quantitative estimate of drug-likeness (QED) is 0.131. The summed E-state index contributed by atoms with van der Waals surface area (Å²) in [5.74, 6) is 0. The second-order valence-electron chi connectivity index (χ2n) is 15.3. The van der Waals surface area contributed by atoms with E-state index in [9.17, 15) is 5.26 Å². The van der Waals surface area contributed by atoms with Crippen molar-refractivity contribution in [2.45, 2.75) is 0 Å². The summed E-state index contributed by atoms with van der Waals surface area (Å²) < 4.78 is 0. The Labute approximate surface area is 334 Å². The van der Waals surface area contributed by atoms with E-state index in [0.29, 0.717) is 11.3 Å². The van der Waals surface area contributed by atoms with Gasteiger partial charge in [0.15, 0.2) is 0 Å². The number of hydrogen-bond acceptors (Lipinski definition) is 1. The Morgan fingerprint density at radius 1 is 0.345 bits per heavy atom. The summed E-state index contributed by atoms with van der Waals surface area (Å²) in [5.41, 5.74) is 9.90. The number of fused-ring (bicyclic) bond motifs is 8. The minimum atomic E-state index is 0.371. The van der Waals surface area contributed by atoms with Crippen molar-refractivity contribution in [2.24, 2.45) is 0 Å². The zero-order valence-electron chi connectivity index (χ0n) is 31.2. The maximum absolute atomic E-state index is 9.55. The average molecular weight is 731 g/mol. The van der Waals surface area contributed by atoms with Gasteiger partial charge in [-0.2, -0.15) is 5.26 Å². The molecule has 0 saturated heterocycles. The van der Waals surface area contributed by atoms with E-state index in [2.05, 4.69) is 175 Å². The van der Waals surface area contributed by atoms with Crippen molar-refractivity contribution in [2.75, 3.05) is 0 Å². The van der Waals surface area contributed by atoms with E-state index >= 15 is 0 Å². The molecule has 2 nitrogen and oxygen atoms in total. The maximum Gasteiger partial charge on any atom is 0.205 e. The van der Waals surface area contributed by atoms with Crippen LogP contribution >= 0.6 is 0 Å². The molecule has 0 bridgehead atoms. The van der Waals surface area contributed by atoms with E-state index in [0.717, 1.165) is 22.3 Å². The Balaban J connectivity index is 1.25. The fourth-order valence-corrected chi connectivity index (χ4v) is 10.0. The average Bonchev–Trinajstić information content (AvgIpc) is 3.80. The number of hydrogen-bond donors (Lipinski definition) is 0. The smallest absolute Gasteiger partial charge is 0.205 e. The lowest BCUT2D eigenvalue weighted by atomic mass is 9.84. The summed E-state index contributed by atoms with van der Waals surface area (Å²) in [6.45, 7) is 7.67. The number of nitrogens with zero attached hydrogens (tertiary/aromatic N) is 2. The van der Waals surface area contributed by atoms with E-state index in [-0.39, 0.29) is 0 Å². The van der Waals surface area contributed by atoms with Crippen LogP contribution in [0.2, 0.25) is 0 Å². The molecule has 0 N–H and O–H groups in total. The summed E-state index contributed by atoms with van der Waals surface area (Å²) in [5, 5.41) is 27.4. The van der Waals surface area contributed by atoms with Gasteiger partial charge in [-0.3, -0.25) is 0 Å². The molecule has 0 spiro atoms. The molecule has 0 aliphatic rings. The van der Waals surface area contributed by atoms with E-state index in [4.69, 9.17) is 6.57 Å². The van der Waals surface area contributed by atoms with Crippen LogP contribution in [0.15, 0.2) is 182 Å². The second-order valence-corrected chi connectivity index (χ2v) is 15.3. The third-order valence-electron chi connectivity index (χ3n) is 12.4. The number of benzene rings is 10. The standard InChI is InChI=1S/C56H30N2/c1-58-49-30-36(25-26-38(49)32-57)35-17-10-18-37(29-35)39-27-28-46-52-42(39)21-11-24-45(52)55-50(33-13-4-2-5-14-33)48-31-47-41-20-9-8-19-40(41)43-22-12-23-44(53(43)47)54(48)51(56(46)55)34-15-6-3-7-16-34/h2-31H. The Morgan fingerprint density at radius 2 is 0.879 bits per heavy atom. The van der Waals surface area contributed by atoms with Crippen LogP contribution in [0.5, 0.6) is 0 Å². The van der Waals surface area contributed by atoms with E-state index in [1.165, 1.54) is 97.7 Å². The Bertz CT molecular complexity index is 3740. The van der Waals surface area contributed by atoms with Crippen LogP contribution in [0.3, 0.4) is 0 Å². The molecule has 2 heteroatoms. The molecule has 12 aromatic rings. The lowest BCUT2D eigenvalue weighted by Crippen LogP contribution is -1.91. The molecular weight excluding hydrogens is 701 g/mol. The first-order chi connectivity index (χ1) is 28.7. The van der Waals surface area contributed by atoms with Gasteiger partial charge in [0.25, 0.3) is 0 Å². The van der Waals surface area contributed by atoms with Crippen molar-refractivity contribution >= 4 is 81.1 Å². The molecule has 58 heavy (non-hydrogen) atoms. The monoisotopic (exact) mass is 730 g/mol. The van der Waals surface area contributed by atoms with Gasteiger partial charge >= 0.3 is 0 Å². The summed E-state index contributed by atoms with van der Waals surface area (Å²) in [6.07, 6.45) is 0. The van der Waals surface area contributed by atoms with Gasteiger partial charge in [-0.15, -0.1) is 0 Å². The fourth-order valence-electron chi connectivity index (χ4n) is 10.0. The van der Waals surface area contributed by atoms with Crippen LogP contribution in [-0.2, 0) is 0 Å². The highest BCUT2D eigenvalue weighted by atomic mass is 14.6. The maximum atomic E-state index is 9.55. The largest absolute Gasteiger partial charge is 0.237 e. The van der Waals surface area contributed by atoms with Gasteiger partial charge in [0.2, 0.25) is 5.69 Å². The molecule has 12 rings (SSSR count). The SMILES string of the molecule is [C-]#[N+]c1cc(-c2cccc(-c3ccc4c5c(-c6ccccc6)c6c(cc7c8ccccc8c8cccc6c87)c(-c6ccccc6)c5c5cccc3c54)c2)ccc1C#N. The van der Waals surface area contributed by atoms with E-state index < -0.39 is 0 Å². The minimum Gasteiger partial charge on any atom is -0.237 e. The molecule has 264 valence electrons. The summed E-state index contributed by atoms with van der Waals surface area (Å²) in [4.78, 5) is 3.64. The van der Waals surface area contributed by atoms with Gasteiger partial charge in [-0.25, -0.2) is 4.85 Å². The van der Waals surface area contributed by atoms with Crippen molar-refractivity contribution in [3.63, 3.8) is 0 Å². The van der Waals surface area contributed by atoms with Gasteiger partial charge in [0.05, 0.1) is 18.2 Å². The predicted octanol–water partition coefficient (Wildman–Crippen LogP) is 15.7. The zero-order chi connectivity index (χ0) is 38.5. The third kappa shape index (κ3) is 4.40. The normalized spacial score (nSPS) is 11.8. The van der Waals surface area contributed by atoms with E-state index in [1.54, 1.807) is 6.07 Å². The molecule has 0 atom stereocenters. The second kappa shape index (κ2) is 12.2. The van der Waals surface area contributed by atoms with Crippen molar-refractivity contribution in [3.05, 3.63) is 199 Å². The number of nitriles is 1. The first-order valence-corrected chi connectivity index (χ1v) is 19.6. The van der Waals surface area contributed by atoms with E-state index in [1.807, 2.05) is 12.1 Å². The third-order valence-corrected chi connectivity index (χ3v) is 12.4. The van der Waals surface area contributed by atoms with Gasteiger partial charge in [0, 0.05) is 0 Å². The molecule has 0 saturated carbocycles. The van der Waals surface area contributed by atoms with Crippen molar-refractivity contribution in [3.8, 4) is 50.6 Å². The van der Waals surface area contributed by atoms with Crippen LogP contribution < -0.4 is 0 Å². The molecule has 0 aliphatic carbocycles. The minimum absolute atomic E-state index is 0.371. The molecular formula is C56H30N2. The Morgan fingerprint density at radius 3 is 1.62 bits per heavy atom. The molecule has 0 radical (unpaired) electrons. The first kappa shape index (κ1) is 32.2. The molecule has 0 unspecified atom stereocenters. The molecule has 0 fully saturated rings. The summed E-state index contributed by atoms with van der Waals surface area (Å²) in [7, 11) is 0. The Hall–Kier alpha value is -8.04. The summed E-state index contributed by atoms with van der Waals surface area (Å²) >= 11 is 0. The first-order valence-electron chi connectivity index (χ1n) is 19.6. The molecule has 0 aliphatic heterocycles. The summed E-state index contributed by atoms with van der Waals surface area (Å²) in [6, 6.07) is 67.9.